The van der Waals surface area contributed by atoms with Crippen molar-refractivity contribution >= 4 is 5.69 Å². The maximum Gasteiger partial charge on any atom is 0.123 e. The van der Waals surface area contributed by atoms with Crippen molar-refractivity contribution in [3.8, 4) is 11.8 Å². The summed E-state index contributed by atoms with van der Waals surface area (Å²) in [5.74, 6) is 0.237. The van der Waals surface area contributed by atoms with Crippen molar-refractivity contribution in [3.05, 3.63) is 59.9 Å². The Hall–Kier alpha value is -2.54. The van der Waals surface area contributed by atoms with Crippen molar-refractivity contribution < 1.29 is 9.13 Å². The molecule has 0 heterocycles. The highest BCUT2D eigenvalue weighted by atomic mass is 19.1. The van der Waals surface area contributed by atoms with Crippen LogP contribution in [0.5, 0.6) is 5.75 Å². The normalized spacial score (nSPS) is 11.6. The smallest absolute Gasteiger partial charge is 0.123 e. The standard InChI is InChI=1S/C19H21FN2O/c1-22(2)18-9-5-15(6-10-18)16(14-21)4-3-13-23-19-11-7-17(20)8-12-19/h5-12,16H,3-4,13H2,1-2H3. The lowest BCUT2D eigenvalue weighted by Gasteiger charge is -2.14. The highest BCUT2D eigenvalue weighted by molar-refractivity contribution is 5.47. The minimum atomic E-state index is -0.275. The molecule has 120 valence electrons. The number of nitriles is 1. The zero-order valence-electron chi connectivity index (χ0n) is 13.5. The van der Waals surface area contributed by atoms with E-state index in [2.05, 4.69) is 6.07 Å². The lowest BCUT2D eigenvalue weighted by molar-refractivity contribution is 0.304. The van der Waals surface area contributed by atoms with Crippen LogP contribution in [0.2, 0.25) is 0 Å². The fourth-order valence-corrected chi connectivity index (χ4v) is 2.32. The number of rotatable bonds is 7. The quantitative estimate of drug-likeness (QED) is 0.713. The molecule has 0 amide bonds. The van der Waals surface area contributed by atoms with E-state index in [1.54, 1.807) is 12.1 Å². The highest BCUT2D eigenvalue weighted by Crippen LogP contribution is 2.23. The molecule has 0 saturated carbocycles. The van der Waals surface area contributed by atoms with Crippen molar-refractivity contribution in [2.75, 3.05) is 25.6 Å². The monoisotopic (exact) mass is 312 g/mol. The van der Waals surface area contributed by atoms with Gasteiger partial charge in [-0.1, -0.05) is 12.1 Å². The second kappa shape index (κ2) is 8.19. The van der Waals surface area contributed by atoms with Gasteiger partial charge >= 0.3 is 0 Å². The molecule has 0 aliphatic heterocycles. The second-order valence-electron chi connectivity index (χ2n) is 5.61. The zero-order chi connectivity index (χ0) is 16.7. The van der Waals surface area contributed by atoms with Crippen LogP contribution in [0.25, 0.3) is 0 Å². The SMILES string of the molecule is CN(C)c1ccc(C(C#N)CCCOc2ccc(F)cc2)cc1. The number of benzene rings is 2. The molecule has 2 aromatic rings. The Bertz CT molecular complexity index is 645. The van der Waals surface area contributed by atoms with Crippen LogP contribution < -0.4 is 9.64 Å². The summed E-state index contributed by atoms with van der Waals surface area (Å²) in [4.78, 5) is 2.03. The molecule has 0 aliphatic rings. The van der Waals surface area contributed by atoms with E-state index in [4.69, 9.17) is 4.74 Å². The van der Waals surface area contributed by atoms with Gasteiger partial charge in [0.2, 0.25) is 0 Å². The van der Waals surface area contributed by atoms with Gasteiger partial charge in [0, 0.05) is 19.8 Å². The van der Waals surface area contributed by atoms with E-state index in [0.29, 0.717) is 12.4 Å². The van der Waals surface area contributed by atoms with Crippen LogP contribution in [0, 0.1) is 17.1 Å². The summed E-state index contributed by atoms with van der Waals surface area (Å²) in [7, 11) is 3.98. The van der Waals surface area contributed by atoms with E-state index < -0.39 is 0 Å². The lowest BCUT2D eigenvalue weighted by Crippen LogP contribution is -2.08. The van der Waals surface area contributed by atoms with Crippen molar-refractivity contribution in [2.24, 2.45) is 0 Å². The Morgan fingerprint density at radius 1 is 1.09 bits per heavy atom. The number of halogens is 1. The summed E-state index contributed by atoms with van der Waals surface area (Å²) in [5.41, 5.74) is 2.14. The molecule has 1 atom stereocenters. The van der Waals surface area contributed by atoms with E-state index >= 15 is 0 Å². The van der Waals surface area contributed by atoms with E-state index in [0.717, 1.165) is 24.1 Å². The van der Waals surface area contributed by atoms with Crippen molar-refractivity contribution in [1.29, 1.82) is 5.26 Å². The van der Waals surface area contributed by atoms with Gasteiger partial charge in [-0.15, -0.1) is 0 Å². The van der Waals surface area contributed by atoms with Crippen LogP contribution in [-0.2, 0) is 0 Å². The van der Waals surface area contributed by atoms with Crippen LogP contribution in [0.3, 0.4) is 0 Å². The molecule has 1 unspecified atom stereocenters. The molecule has 2 aromatic carbocycles. The van der Waals surface area contributed by atoms with Crippen LogP contribution >= 0.6 is 0 Å². The fraction of sp³-hybridized carbons (Fsp3) is 0.316. The van der Waals surface area contributed by atoms with Gasteiger partial charge in [-0.05, 0) is 54.8 Å². The van der Waals surface area contributed by atoms with Gasteiger partial charge in [-0.3, -0.25) is 0 Å². The molecule has 2 rings (SSSR count). The van der Waals surface area contributed by atoms with Gasteiger partial charge in [0.15, 0.2) is 0 Å². The Balaban J connectivity index is 1.83. The third-order valence-electron chi connectivity index (χ3n) is 3.69. The van der Waals surface area contributed by atoms with E-state index in [9.17, 15) is 9.65 Å². The zero-order valence-corrected chi connectivity index (χ0v) is 13.5. The molecule has 0 fully saturated rings. The Labute approximate surface area is 136 Å². The first-order valence-electron chi connectivity index (χ1n) is 7.65. The number of nitrogens with zero attached hydrogens (tertiary/aromatic N) is 2. The van der Waals surface area contributed by atoms with Crippen LogP contribution in [0.4, 0.5) is 10.1 Å². The molecule has 0 spiro atoms. The fourth-order valence-electron chi connectivity index (χ4n) is 2.32. The minimum Gasteiger partial charge on any atom is -0.494 e. The van der Waals surface area contributed by atoms with Crippen LogP contribution in [0.1, 0.15) is 24.3 Å². The summed E-state index contributed by atoms with van der Waals surface area (Å²) in [6.07, 6.45) is 1.50. The largest absolute Gasteiger partial charge is 0.494 e. The molecular formula is C19H21FN2O. The van der Waals surface area contributed by atoms with Gasteiger partial charge in [0.1, 0.15) is 11.6 Å². The maximum atomic E-state index is 12.8. The molecule has 3 nitrogen and oxygen atoms in total. The molecule has 0 aromatic heterocycles. The first-order chi connectivity index (χ1) is 11.1. The van der Waals surface area contributed by atoms with Gasteiger partial charge in [0.25, 0.3) is 0 Å². The second-order valence-corrected chi connectivity index (χ2v) is 5.61. The maximum absolute atomic E-state index is 12.8. The average Bonchev–Trinajstić information content (AvgIpc) is 2.57. The third kappa shape index (κ3) is 5.00. The summed E-state index contributed by atoms with van der Waals surface area (Å²) in [6, 6.07) is 16.4. The minimum absolute atomic E-state index is 0.136. The summed E-state index contributed by atoms with van der Waals surface area (Å²) in [5, 5.41) is 9.36. The van der Waals surface area contributed by atoms with Crippen molar-refractivity contribution in [3.63, 3.8) is 0 Å². The van der Waals surface area contributed by atoms with Gasteiger partial charge in [-0.2, -0.15) is 5.26 Å². The summed E-state index contributed by atoms with van der Waals surface area (Å²) >= 11 is 0. The average molecular weight is 312 g/mol. The van der Waals surface area contributed by atoms with Crippen LogP contribution in [-0.4, -0.2) is 20.7 Å². The summed E-state index contributed by atoms with van der Waals surface area (Å²) < 4.78 is 18.4. The first-order valence-corrected chi connectivity index (χ1v) is 7.65. The number of hydrogen-bond acceptors (Lipinski definition) is 3. The van der Waals surface area contributed by atoms with Crippen LogP contribution in [0.15, 0.2) is 48.5 Å². The van der Waals surface area contributed by atoms with E-state index in [1.165, 1.54) is 12.1 Å². The van der Waals surface area contributed by atoms with Gasteiger partial charge < -0.3 is 9.64 Å². The first kappa shape index (κ1) is 16.8. The molecule has 23 heavy (non-hydrogen) atoms. The summed E-state index contributed by atoms with van der Waals surface area (Å²) in [6.45, 7) is 0.513. The van der Waals surface area contributed by atoms with E-state index in [-0.39, 0.29) is 11.7 Å². The molecule has 0 N–H and O–H groups in total. The van der Waals surface area contributed by atoms with Gasteiger partial charge in [0.05, 0.1) is 18.6 Å². The molecule has 0 saturated heterocycles. The molecular weight excluding hydrogens is 291 g/mol. The van der Waals surface area contributed by atoms with E-state index in [1.807, 2.05) is 43.3 Å². The van der Waals surface area contributed by atoms with Gasteiger partial charge in [-0.25, -0.2) is 4.39 Å². The Kier molecular flexibility index (Phi) is 5.99. The predicted octanol–water partition coefficient (Wildman–Crippen LogP) is 4.36. The van der Waals surface area contributed by atoms with Crippen molar-refractivity contribution in [2.45, 2.75) is 18.8 Å². The third-order valence-corrected chi connectivity index (χ3v) is 3.69. The number of hydrogen-bond donors (Lipinski definition) is 0. The highest BCUT2D eigenvalue weighted by Gasteiger charge is 2.10. The molecule has 4 heteroatoms. The topological polar surface area (TPSA) is 36.3 Å². The predicted molar refractivity (Wildman–Crippen MR) is 90.3 cm³/mol. The van der Waals surface area contributed by atoms with Crippen molar-refractivity contribution in [1.82, 2.24) is 0 Å². The molecule has 0 bridgehead atoms. The number of ether oxygens (including phenoxy) is 1. The molecule has 0 radical (unpaired) electrons. The lowest BCUT2D eigenvalue weighted by atomic mass is 9.95. The molecule has 0 aliphatic carbocycles. The Morgan fingerprint density at radius 2 is 1.74 bits per heavy atom. The Morgan fingerprint density at radius 3 is 2.30 bits per heavy atom. The number of anilines is 1.